The summed E-state index contributed by atoms with van der Waals surface area (Å²) < 4.78 is 5.79. The first-order valence-electron chi connectivity index (χ1n) is 5.01. The van der Waals surface area contributed by atoms with Crippen molar-refractivity contribution in [3.63, 3.8) is 0 Å². The molecule has 78 valence electrons. The molecule has 2 rings (SSSR count). The van der Waals surface area contributed by atoms with E-state index < -0.39 is 0 Å². The number of phenols is 1. The van der Waals surface area contributed by atoms with Gasteiger partial charge in [0, 0.05) is 6.42 Å². The van der Waals surface area contributed by atoms with Crippen LogP contribution in [0.2, 0.25) is 0 Å². The Morgan fingerprint density at radius 1 is 1.27 bits per heavy atom. The predicted molar refractivity (Wildman–Crippen MR) is 60.0 cm³/mol. The molecule has 1 aromatic rings. The summed E-state index contributed by atoms with van der Waals surface area (Å²) in [6.07, 6.45) is 8.83. The number of phenolic OH excluding ortho intramolecular Hbond substituents is 1. The molecule has 15 heavy (non-hydrogen) atoms. The zero-order valence-corrected chi connectivity index (χ0v) is 8.68. The van der Waals surface area contributed by atoms with Crippen LogP contribution in [0.1, 0.15) is 13.3 Å². The van der Waals surface area contributed by atoms with Gasteiger partial charge in [-0.25, -0.2) is 0 Å². The number of para-hydroxylation sites is 2. The average molecular weight is 202 g/mol. The molecule has 0 radical (unpaired) electrons. The first kappa shape index (κ1) is 9.84. The second-order valence-corrected chi connectivity index (χ2v) is 3.87. The Balaban J connectivity index is 2.18. The van der Waals surface area contributed by atoms with Crippen molar-refractivity contribution in [1.29, 1.82) is 0 Å². The van der Waals surface area contributed by atoms with Crippen LogP contribution in [0.15, 0.2) is 48.6 Å². The highest BCUT2D eigenvalue weighted by atomic mass is 16.5. The van der Waals surface area contributed by atoms with Gasteiger partial charge in [-0.2, -0.15) is 0 Å². The van der Waals surface area contributed by atoms with E-state index in [1.807, 2.05) is 31.2 Å². The maximum atomic E-state index is 9.59. The first-order chi connectivity index (χ1) is 7.20. The predicted octanol–water partition coefficient (Wildman–Crippen LogP) is 3.05. The molecule has 1 atom stereocenters. The molecule has 0 heterocycles. The first-order valence-corrected chi connectivity index (χ1v) is 5.01. The number of hydrogen-bond acceptors (Lipinski definition) is 2. The van der Waals surface area contributed by atoms with Crippen molar-refractivity contribution < 1.29 is 9.84 Å². The van der Waals surface area contributed by atoms with Crippen molar-refractivity contribution in [2.24, 2.45) is 0 Å². The number of allylic oxidation sites excluding steroid dienone is 2. The van der Waals surface area contributed by atoms with Crippen molar-refractivity contribution in [1.82, 2.24) is 0 Å². The minimum Gasteiger partial charge on any atom is -0.504 e. The third-order valence-corrected chi connectivity index (χ3v) is 2.43. The van der Waals surface area contributed by atoms with Crippen molar-refractivity contribution in [3.05, 3.63) is 48.6 Å². The number of benzene rings is 1. The van der Waals surface area contributed by atoms with Gasteiger partial charge in [-0.15, -0.1) is 0 Å². The highest BCUT2D eigenvalue weighted by Gasteiger charge is 2.23. The van der Waals surface area contributed by atoms with Crippen molar-refractivity contribution in [2.75, 3.05) is 0 Å². The van der Waals surface area contributed by atoms with Gasteiger partial charge in [0.25, 0.3) is 0 Å². The third kappa shape index (κ3) is 2.21. The van der Waals surface area contributed by atoms with Gasteiger partial charge < -0.3 is 9.84 Å². The number of hydrogen-bond donors (Lipinski definition) is 1. The molecule has 0 saturated carbocycles. The molecule has 0 fully saturated rings. The molecule has 1 aliphatic rings. The van der Waals surface area contributed by atoms with E-state index in [0.717, 1.165) is 6.42 Å². The van der Waals surface area contributed by atoms with Gasteiger partial charge in [0.2, 0.25) is 0 Å². The molecule has 0 aromatic heterocycles. The quantitative estimate of drug-likeness (QED) is 0.798. The van der Waals surface area contributed by atoms with Crippen molar-refractivity contribution in [3.8, 4) is 11.5 Å². The van der Waals surface area contributed by atoms with Crippen LogP contribution < -0.4 is 4.74 Å². The molecular weight excluding hydrogens is 188 g/mol. The summed E-state index contributed by atoms with van der Waals surface area (Å²) in [5.41, 5.74) is -0.354. The maximum Gasteiger partial charge on any atom is 0.162 e. The maximum absolute atomic E-state index is 9.59. The Kier molecular flexibility index (Phi) is 2.50. The van der Waals surface area contributed by atoms with Crippen molar-refractivity contribution >= 4 is 0 Å². The Bertz CT molecular complexity index is 407. The zero-order chi connectivity index (χ0) is 10.7. The monoisotopic (exact) mass is 202 g/mol. The van der Waals surface area contributed by atoms with E-state index in [-0.39, 0.29) is 11.4 Å². The molecule has 0 aliphatic heterocycles. The third-order valence-electron chi connectivity index (χ3n) is 2.43. The van der Waals surface area contributed by atoms with Crippen LogP contribution in [-0.2, 0) is 0 Å². The zero-order valence-electron chi connectivity index (χ0n) is 8.68. The molecule has 1 aromatic carbocycles. The van der Waals surface area contributed by atoms with E-state index in [1.165, 1.54) is 0 Å². The van der Waals surface area contributed by atoms with Gasteiger partial charge in [0.1, 0.15) is 5.60 Å². The average Bonchev–Trinajstić information content (AvgIpc) is 2.22. The Hall–Kier alpha value is -1.70. The van der Waals surface area contributed by atoms with E-state index >= 15 is 0 Å². The standard InChI is InChI=1S/C13H14O2/c1-13(9-5-2-6-10-13)15-12-8-4-3-7-11(12)14/h2-9,14H,10H2,1H3. The molecular formula is C13H14O2. The summed E-state index contributed by atoms with van der Waals surface area (Å²) in [4.78, 5) is 0. The lowest BCUT2D eigenvalue weighted by atomic mass is 9.97. The van der Waals surface area contributed by atoms with Crippen LogP contribution >= 0.6 is 0 Å². The fourth-order valence-corrected chi connectivity index (χ4v) is 1.58. The largest absolute Gasteiger partial charge is 0.504 e. The Morgan fingerprint density at radius 3 is 2.73 bits per heavy atom. The molecule has 1 N–H and O–H groups in total. The minimum absolute atomic E-state index is 0.182. The Labute approximate surface area is 89.5 Å². The van der Waals surface area contributed by atoms with E-state index in [1.54, 1.807) is 18.2 Å². The fraction of sp³-hybridized carbons (Fsp3) is 0.231. The molecule has 0 amide bonds. The van der Waals surface area contributed by atoms with Crippen LogP contribution in [0.5, 0.6) is 11.5 Å². The summed E-state index contributed by atoms with van der Waals surface area (Å²) >= 11 is 0. The highest BCUT2D eigenvalue weighted by Crippen LogP contribution is 2.31. The Morgan fingerprint density at radius 2 is 2.07 bits per heavy atom. The lowest BCUT2D eigenvalue weighted by molar-refractivity contribution is 0.137. The van der Waals surface area contributed by atoms with E-state index in [2.05, 4.69) is 6.08 Å². The van der Waals surface area contributed by atoms with E-state index in [0.29, 0.717) is 5.75 Å². The molecule has 1 aliphatic carbocycles. The number of rotatable bonds is 2. The van der Waals surface area contributed by atoms with Crippen LogP contribution in [0.4, 0.5) is 0 Å². The van der Waals surface area contributed by atoms with Gasteiger partial charge in [0.05, 0.1) is 0 Å². The minimum atomic E-state index is -0.354. The van der Waals surface area contributed by atoms with Gasteiger partial charge in [-0.3, -0.25) is 0 Å². The lowest BCUT2D eigenvalue weighted by Crippen LogP contribution is -2.30. The SMILES string of the molecule is CC1(Oc2ccccc2O)C=CC=CC1. The second-order valence-electron chi connectivity index (χ2n) is 3.87. The topological polar surface area (TPSA) is 29.5 Å². The lowest BCUT2D eigenvalue weighted by Gasteiger charge is -2.28. The van der Waals surface area contributed by atoms with Crippen LogP contribution in [-0.4, -0.2) is 10.7 Å². The molecule has 1 unspecified atom stereocenters. The van der Waals surface area contributed by atoms with Gasteiger partial charge >= 0.3 is 0 Å². The van der Waals surface area contributed by atoms with E-state index in [9.17, 15) is 5.11 Å². The highest BCUT2D eigenvalue weighted by molar-refractivity contribution is 5.39. The van der Waals surface area contributed by atoms with Crippen molar-refractivity contribution in [2.45, 2.75) is 18.9 Å². The summed E-state index contributed by atoms with van der Waals surface area (Å²) in [5, 5.41) is 9.59. The van der Waals surface area contributed by atoms with Gasteiger partial charge in [0.15, 0.2) is 11.5 Å². The van der Waals surface area contributed by atoms with Crippen LogP contribution in [0.25, 0.3) is 0 Å². The van der Waals surface area contributed by atoms with Crippen LogP contribution in [0, 0.1) is 0 Å². The summed E-state index contributed by atoms with van der Waals surface area (Å²) in [5.74, 6) is 0.710. The fourth-order valence-electron chi connectivity index (χ4n) is 1.58. The molecule has 0 bridgehead atoms. The normalized spacial score (nSPS) is 24.1. The van der Waals surface area contributed by atoms with E-state index in [4.69, 9.17) is 4.74 Å². The molecule has 2 nitrogen and oxygen atoms in total. The smallest absolute Gasteiger partial charge is 0.162 e. The van der Waals surface area contributed by atoms with Gasteiger partial charge in [-0.05, 0) is 25.1 Å². The number of aromatic hydroxyl groups is 1. The van der Waals surface area contributed by atoms with Crippen LogP contribution in [0.3, 0.4) is 0 Å². The molecule has 0 saturated heterocycles. The summed E-state index contributed by atoms with van der Waals surface area (Å²) in [6.45, 7) is 2.00. The molecule has 2 heteroatoms. The molecule has 0 spiro atoms. The summed E-state index contributed by atoms with van der Waals surface area (Å²) in [6, 6.07) is 7.02. The number of ether oxygens (including phenoxy) is 1. The summed E-state index contributed by atoms with van der Waals surface area (Å²) in [7, 11) is 0. The second kappa shape index (κ2) is 3.81. The van der Waals surface area contributed by atoms with Gasteiger partial charge in [-0.1, -0.05) is 30.4 Å².